The summed E-state index contributed by atoms with van der Waals surface area (Å²) in [5, 5.41) is 0. The van der Waals surface area contributed by atoms with Crippen LogP contribution in [0.15, 0.2) is 24.3 Å². The molecule has 0 N–H and O–H groups in total. The number of aryl methyl sites for hydroxylation is 1. The number of rotatable bonds is 4. The van der Waals surface area contributed by atoms with Crippen LogP contribution in [0.5, 0.6) is 5.75 Å². The quantitative estimate of drug-likeness (QED) is 0.804. The van der Waals surface area contributed by atoms with E-state index in [0.29, 0.717) is 38.8 Å². The monoisotopic (exact) mass is 364 g/mol. The Balaban J connectivity index is 1.53. The number of amides is 2. The summed E-state index contributed by atoms with van der Waals surface area (Å²) in [5.74, 6) is 0.975. The second-order valence-electron chi connectivity index (χ2n) is 6.62. The maximum absolute atomic E-state index is 12.5. The first-order valence-corrected chi connectivity index (χ1v) is 9.84. The first-order valence-electron chi connectivity index (χ1n) is 8.52. The van der Waals surface area contributed by atoms with Crippen LogP contribution in [-0.2, 0) is 26.8 Å². The zero-order chi connectivity index (χ0) is 18.0. The molecule has 2 fully saturated rings. The molecule has 2 saturated heterocycles. The lowest BCUT2D eigenvalue weighted by Crippen LogP contribution is -2.54. The van der Waals surface area contributed by atoms with Crippen molar-refractivity contribution in [3.63, 3.8) is 0 Å². The minimum absolute atomic E-state index is 0.0578. The number of hydrogen-bond donors (Lipinski definition) is 0. The van der Waals surface area contributed by atoms with Crippen LogP contribution in [0.4, 0.5) is 0 Å². The fraction of sp³-hybridized carbons (Fsp3) is 0.556. The Hall–Kier alpha value is -1.89. The van der Waals surface area contributed by atoms with E-state index in [1.165, 1.54) is 0 Å². The van der Waals surface area contributed by atoms with Crippen LogP contribution in [0.25, 0.3) is 0 Å². The lowest BCUT2D eigenvalue weighted by molar-refractivity contribution is -0.134. The molecule has 25 heavy (non-hydrogen) atoms. The van der Waals surface area contributed by atoms with Gasteiger partial charge in [-0.1, -0.05) is 12.1 Å². The van der Waals surface area contributed by atoms with Gasteiger partial charge in [-0.05, 0) is 24.1 Å². The second kappa shape index (κ2) is 7.15. The number of methoxy groups -OCH3 is 1. The molecule has 1 unspecified atom stereocenters. The molecule has 1 atom stereocenters. The van der Waals surface area contributed by atoms with E-state index in [1.807, 2.05) is 29.2 Å². The van der Waals surface area contributed by atoms with Crippen molar-refractivity contribution in [2.75, 3.05) is 33.0 Å². The Morgan fingerprint density at radius 1 is 1.24 bits per heavy atom. The van der Waals surface area contributed by atoms with E-state index in [4.69, 9.17) is 4.74 Å². The van der Waals surface area contributed by atoms with Crippen LogP contribution in [0.3, 0.4) is 0 Å². The van der Waals surface area contributed by atoms with Crippen molar-refractivity contribution in [2.24, 2.45) is 0 Å². The minimum Gasteiger partial charge on any atom is -0.497 e. The average Bonchev–Trinajstić information content (AvgIpc) is 2.84. The van der Waals surface area contributed by atoms with E-state index in [-0.39, 0.29) is 17.6 Å². The van der Waals surface area contributed by atoms with Gasteiger partial charge in [0.05, 0.1) is 17.9 Å². The Bertz CT molecular complexity index is 681. The fourth-order valence-corrected chi connectivity index (χ4v) is 5.33. The number of likely N-dealkylation sites (tertiary alicyclic amines) is 1. The molecule has 0 saturated carbocycles. The third-order valence-electron chi connectivity index (χ3n) is 5.35. The van der Waals surface area contributed by atoms with Gasteiger partial charge in [0.1, 0.15) is 16.4 Å². The molecule has 2 aliphatic rings. The summed E-state index contributed by atoms with van der Waals surface area (Å²) in [6, 6.07) is 7.73. The highest BCUT2D eigenvalue weighted by atomic mass is 32.2. The third-order valence-corrected chi connectivity index (χ3v) is 7.39. The molecule has 2 amide bonds. The topological polar surface area (TPSA) is 66.9 Å². The smallest absolute Gasteiger partial charge is 0.236 e. The fourth-order valence-electron chi connectivity index (χ4n) is 3.59. The Labute approximate surface area is 150 Å². The van der Waals surface area contributed by atoms with E-state index in [2.05, 4.69) is 0 Å². The largest absolute Gasteiger partial charge is 0.497 e. The van der Waals surface area contributed by atoms with Crippen LogP contribution in [0, 0.1) is 0 Å². The first-order chi connectivity index (χ1) is 12.0. The predicted molar refractivity (Wildman–Crippen MR) is 95.6 cm³/mol. The molecular weight excluding hydrogens is 340 g/mol. The van der Waals surface area contributed by atoms with Gasteiger partial charge >= 0.3 is 0 Å². The molecule has 1 aromatic carbocycles. The molecule has 0 aliphatic carbocycles. The highest BCUT2D eigenvalue weighted by Gasteiger charge is 2.51. The summed E-state index contributed by atoms with van der Waals surface area (Å²) in [6.07, 6.45) is 2.33. The van der Waals surface area contributed by atoms with E-state index in [0.717, 1.165) is 11.3 Å². The predicted octanol–water partition coefficient (Wildman–Crippen LogP) is 1.17. The van der Waals surface area contributed by atoms with Crippen molar-refractivity contribution < 1.29 is 18.5 Å². The van der Waals surface area contributed by atoms with E-state index >= 15 is 0 Å². The summed E-state index contributed by atoms with van der Waals surface area (Å²) >= 11 is 0. The van der Waals surface area contributed by atoms with Crippen molar-refractivity contribution in [3.8, 4) is 5.75 Å². The number of carbonyl (C=O) groups excluding carboxylic acids is 2. The number of hydrogen-bond acceptors (Lipinski definition) is 4. The van der Waals surface area contributed by atoms with Crippen LogP contribution in [0.2, 0.25) is 0 Å². The number of carbonyl (C=O) groups is 2. The van der Waals surface area contributed by atoms with Crippen LogP contribution in [-0.4, -0.2) is 63.7 Å². The zero-order valence-corrected chi connectivity index (χ0v) is 15.5. The van der Waals surface area contributed by atoms with Gasteiger partial charge in [-0.3, -0.25) is 13.8 Å². The normalized spacial score (nSPS) is 22.5. The summed E-state index contributed by atoms with van der Waals surface area (Å²) < 4.78 is 17.5. The van der Waals surface area contributed by atoms with Crippen LogP contribution < -0.4 is 4.74 Å². The lowest BCUT2D eigenvalue weighted by Gasteiger charge is -2.42. The first kappa shape index (κ1) is 17.9. The van der Waals surface area contributed by atoms with Crippen LogP contribution >= 0.6 is 0 Å². The number of piperidine rings is 1. The highest BCUT2D eigenvalue weighted by molar-refractivity contribution is 7.87. The van der Waals surface area contributed by atoms with Gasteiger partial charge in [0.25, 0.3) is 0 Å². The summed E-state index contributed by atoms with van der Waals surface area (Å²) in [6.45, 7) is 1.12. The lowest BCUT2D eigenvalue weighted by atomic mass is 10.0. The summed E-state index contributed by atoms with van der Waals surface area (Å²) in [7, 11) is 2.19. The SMILES string of the molecule is COc1ccc(CCC(=O)N2CCC3(CC2)N(C)C(=O)CS3=O)cc1. The van der Waals surface area contributed by atoms with Gasteiger partial charge in [0, 0.05) is 39.4 Å². The van der Waals surface area contributed by atoms with E-state index in [1.54, 1.807) is 19.1 Å². The standard InChI is InChI=1S/C18H24N2O4S/c1-19-17(22)13-25(23)18(19)9-11-20(12-10-18)16(21)8-5-14-3-6-15(24-2)7-4-14/h3-4,6-7H,5,8-13H2,1-2H3. The molecule has 0 bridgehead atoms. The molecule has 2 heterocycles. The van der Waals surface area contributed by atoms with Crippen LogP contribution in [0.1, 0.15) is 24.8 Å². The molecule has 3 rings (SSSR count). The van der Waals surface area contributed by atoms with Crippen molar-refractivity contribution in [3.05, 3.63) is 29.8 Å². The zero-order valence-electron chi connectivity index (χ0n) is 14.7. The van der Waals surface area contributed by atoms with Gasteiger partial charge in [-0.15, -0.1) is 0 Å². The van der Waals surface area contributed by atoms with Crippen molar-refractivity contribution in [2.45, 2.75) is 30.6 Å². The number of nitrogens with zero attached hydrogens (tertiary/aromatic N) is 2. The molecule has 0 aromatic heterocycles. The van der Waals surface area contributed by atoms with Gasteiger partial charge in [-0.25, -0.2) is 0 Å². The van der Waals surface area contributed by atoms with Crippen molar-refractivity contribution in [1.82, 2.24) is 9.80 Å². The van der Waals surface area contributed by atoms with E-state index in [9.17, 15) is 13.8 Å². The molecule has 0 radical (unpaired) electrons. The minimum atomic E-state index is -1.17. The summed E-state index contributed by atoms with van der Waals surface area (Å²) in [5.41, 5.74) is 1.10. The maximum Gasteiger partial charge on any atom is 0.236 e. The van der Waals surface area contributed by atoms with Gasteiger partial charge in [0.15, 0.2) is 0 Å². The van der Waals surface area contributed by atoms with Gasteiger partial charge < -0.3 is 14.5 Å². The molecule has 136 valence electrons. The number of benzene rings is 1. The van der Waals surface area contributed by atoms with Gasteiger partial charge in [-0.2, -0.15) is 0 Å². The third kappa shape index (κ3) is 3.42. The second-order valence-corrected chi connectivity index (χ2v) is 8.36. The molecule has 1 spiro atoms. The average molecular weight is 364 g/mol. The van der Waals surface area contributed by atoms with Crippen molar-refractivity contribution in [1.29, 1.82) is 0 Å². The van der Waals surface area contributed by atoms with Crippen molar-refractivity contribution >= 4 is 22.6 Å². The summed E-state index contributed by atoms with van der Waals surface area (Å²) in [4.78, 5) is 27.2. The van der Waals surface area contributed by atoms with E-state index < -0.39 is 15.7 Å². The highest BCUT2D eigenvalue weighted by Crippen LogP contribution is 2.36. The number of ether oxygens (including phenoxy) is 1. The molecule has 6 nitrogen and oxygen atoms in total. The Morgan fingerprint density at radius 3 is 2.40 bits per heavy atom. The molecule has 1 aromatic rings. The Kier molecular flexibility index (Phi) is 5.13. The molecule has 2 aliphatic heterocycles. The maximum atomic E-state index is 12.5. The van der Waals surface area contributed by atoms with Gasteiger partial charge in [0.2, 0.25) is 11.8 Å². The molecular formula is C18H24N2O4S. The Morgan fingerprint density at radius 2 is 1.88 bits per heavy atom. The molecule has 7 heteroatoms.